The molecule has 0 rings (SSSR count). The topological polar surface area (TPSA) is 52.9 Å². The van der Waals surface area contributed by atoms with E-state index in [2.05, 4.69) is 32.2 Å². The van der Waals surface area contributed by atoms with Gasteiger partial charge in [0.15, 0.2) is 0 Å². The fraction of sp³-hybridized carbons (Fsp3) is 0.846. The van der Waals surface area contributed by atoms with Crippen LogP contribution in [0.5, 0.6) is 0 Å². The molecule has 0 bridgehead atoms. The maximum absolute atomic E-state index is 12.1. The van der Waals surface area contributed by atoms with Crippen LogP contribution in [-0.2, 0) is 4.79 Å². The van der Waals surface area contributed by atoms with Crippen LogP contribution in [0.4, 0.5) is 0 Å². The summed E-state index contributed by atoms with van der Waals surface area (Å²) in [7, 11) is 0. The highest BCUT2D eigenvalue weighted by atomic mass is 16.2. The van der Waals surface area contributed by atoms with Crippen molar-refractivity contribution in [3.05, 3.63) is 0 Å². The number of nitrogens with one attached hydrogen (secondary N) is 1. The Morgan fingerprint density at radius 2 is 1.81 bits per heavy atom. The molecule has 0 aromatic carbocycles. The van der Waals surface area contributed by atoms with E-state index in [1.807, 2.05) is 13.8 Å². The van der Waals surface area contributed by atoms with Gasteiger partial charge in [-0.2, -0.15) is 5.26 Å². The molecule has 0 radical (unpaired) electrons. The Hall–Kier alpha value is -1.04. The van der Waals surface area contributed by atoms with Crippen molar-refractivity contribution in [3.8, 4) is 6.07 Å². The van der Waals surface area contributed by atoms with Crippen LogP contribution in [0.25, 0.3) is 0 Å². The van der Waals surface area contributed by atoms with E-state index in [1.54, 1.807) is 0 Å². The Kier molecular flexibility index (Phi) is 6.10. The largest absolute Gasteiger partial charge is 0.352 e. The first kappa shape index (κ1) is 15.0. The van der Waals surface area contributed by atoms with Gasteiger partial charge in [0.2, 0.25) is 5.91 Å². The lowest BCUT2D eigenvalue weighted by Crippen LogP contribution is -2.46. The molecule has 0 aliphatic rings. The van der Waals surface area contributed by atoms with E-state index >= 15 is 0 Å². The van der Waals surface area contributed by atoms with E-state index in [9.17, 15) is 4.79 Å². The minimum absolute atomic E-state index is 0.111. The highest BCUT2D eigenvalue weighted by Gasteiger charge is 2.36. The highest BCUT2D eigenvalue weighted by Crippen LogP contribution is 2.26. The summed E-state index contributed by atoms with van der Waals surface area (Å²) in [5, 5.41) is 12.2. The third kappa shape index (κ3) is 3.23. The van der Waals surface area contributed by atoms with Crippen LogP contribution in [0.3, 0.4) is 0 Å². The zero-order valence-corrected chi connectivity index (χ0v) is 11.1. The first-order valence-corrected chi connectivity index (χ1v) is 6.19. The molecule has 92 valence electrons. The number of rotatable bonds is 6. The first-order valence-electron chi connectivity index (χ1n) is 6.19. The molecule has 0 fully saturated rings. The van der Waals surface area contributed by atoms with E-state index in [0.717, 1.165) is 6.42 Å². The van der Waals surface area contributed by atoms with E-state index in [4.69, 9.17) is 5.26 Å². The molecule has 0 saturated carbocycles. The Bertz CT molecular complexity index is 262. The van der Waals surface area contributed by atoms with Gasteiger partial charge in [0, 0.05) is 6.04 Å². The summed E-state index contributed by atoms with van der Waals surface area (Å²) in [4.78, 5) is 12.1. The van der Waals surface area contributed by atoms with Gasteiger partial charge in [-0.1, -0.05) is 34.6 Å². The third-order valence-corrected chi connectivity index (χ3v) is 3.42. The number of amides is 1. The Morgan fingerprint density at radius 3 is 2.06 bits per heavy atom. The molecule has 0 heterocycles. The molecular formula is C13H24N2O. The van der Waals surface area contributed by atoms with Crippen molar-refractivity contribution in [2.75, 3.05) is 0 Å². The Balaban J connectivity index is 4.73. The molecule has 0 spiro atoms. The van der Waals surface area contributed by atoms with E-state index < -0.39 is 5.41 Å². The van der Waals surface area contributed by atoms with Gasteiger partial charge in [-0.15, -0.1) is 0 Å². The van der Waals surface area contributed by atoms with Crippen LogP contribution in [-0.4, -0.2) is 11.9 Å². The molecular weight excluding hydrogens is 200 g/mol. The van der Waals surface area contributed by atoms with Gasteiger partial charge in [0.25, 0.3) is 0 Å². The summed E-state index contributed by atoms with van der Waals surface area (Å²) in [6.07, 6.45) is 2.04. The number of nitrogens with zero attached hydrogens (tertiary/aromatic N) is 1. The lowest BCUT2D eigenvalue weighted by Gasteiger charge is -2.27. The summed E-state index contributed by atoms with van der Waals surface area (Å²) in [6, 6.07) is 2.34. The number of carbonyl (C=O) groups is 1. The second kappa shape index (κ2) is 6.52. The van der Waals surface area contributed by atoms with Gasteiger partial charge in [-0.05, 0) is 25.2 Å². The molecule has 0 saturated heterocycles. The molecule has 1 atom stereocenters. The van der Waals surface area contributed by atoms with Gasteiger partial charge < -0.3 is 5.32 Å². The standard InChI is InChI=1S/C13H24N2O/c1-6-11(10(4)5)15-12(16)13(7-2,8-3)9-14/h10-11H,6-8H2,1-5H3,(H,15,16). The highest BCUT2D eigenvalue weighted by molar-refractivity contribution is 5.85. The lowest BCUT2D eigenvalue weighted by molar-refractivity contribution is -0.129. The fourth-order valence-electron chi connectivity index (χ4n) is 1.83. The van der Waals surface area contributed by atoms with E-state index in [0.29, 0.717) is 18.8 Å². The normalized spacial score (nSPS) is 13.3. The monoisotopic (exact) mass is 224 g/mol. The van der Waals surface area contributed by atoms with Crippen molar-refractivity contribution in [1.29, 1.82) is 5.26 Å². The maximum atomic E-state index is 12.1. The van der Waals surface area contributed by atoms with Crippen molar-refractivity contribution in [3.63, 3.8) is 0 Å². The Labute approximate surface area is 99.2 Å². The predicted molar refractivity (Wildman–Crippen MR) is 65.7 cm³/mol. The molecule has 1 amide bonds. The zero-order valence-electron chi connectivity index (χ0n) is 11.1. The van der Waals surface area contributed by atoms with Gasteiger partial charge in [0.05, 0.1) is 6.07 Å². The molecule has 16 heavy (non-hydrogen) atoms. The minimum atomic E-state index is -0.845. The zero-order chi connectivity index (χ0) is 12.8. The van der Waals surface area contributed by atoms with Gasteiger partial charge in [-0.25, -0.2) is 0 Å². The van der Waals surface area contributed by atoms with Crippen molar-refractivity contribution in [2.24, 2.45) is 11.3 Å². The summed E-state index contributed by atoms with van der Waals surface area (Å²) in [5.41, 5.74) is -0.845. The third-order valence-electron chi connectivity index (χ3n) is 3.42. The van der Waals surface area contributed by atoms with E-state index in [1.165, 1.54) is 0 Å². The first-order chi connectivity index (χ1) is 7.47. The van der Waals surface area contributed by atoms with Gasteiger partial charge in [0.1, 0.15) is 5.41 Å². The molecule has 0 aromatic heterocycles. The molecule has 1 N–H and O–H groups in total. The molecule has 3 heteroatoms. The molecule has 1 unspecified atom stereocenters. The molecule has 0 aliphatic carbocycles. The molecule has 0 aliphatic heterocycles. The van der Waals surface area contributed by atoms with Crippen molar-refractivity contribution in [2.45, 2.75) is 59.9 Å². The van der Waals surface area contributed by atoms with Gasteiger partial charge in [-0.3, -0.25) is 4.79 Å². The van der Waals surface area contributed by atoms with Gasteiger partial charge >= 0.3 is 0 Å². The number of hydrogen-bond donors (Lipinski definition) is 1. The smallest absolute Gasteiger partial charge is 0.240 e. The van der Waals surface area contributed by atoms with Crippen LogP contribution < -0.4 is 5.32 Å². The fourth-order valence-corrected chi connectivity index (χ4v) is 1.83. The van der Waals surface area contributed by atoms with Crippen LogP contribution in [0.15, 0.2) is 0 Å². The van der Waals surface area contributed by atoms with Crippen LogP contribution >= 0.6 is 0 Å². The summed E-state index contributed by atoms with van der Waals surface area (Å²) in [6.45, 7) is 10.0. The van der Waals surface area contributed by atoms with Crippen LogP contribution in [0.2, 0.25) is 0 Å². The SMILES string of the molecule is CCC(NC(=O)C(C#N)(CC)CC)C(C)C. The molecule has 0 aromatic rings. The summed E-state index contributed by atoms with van der Waals surface area (Å²) >= 11 is 0. The number of carbonyl (C=O) groups excluding carboxylic acids is 1. The summed E-state index contributed by atoms with van der Waals surface area (Å²) < 4.78 is 0. The second-order valence-corrected chi connectivity index (χ2v) is 4.63. The van der Waals surface area contributed by atoms with Crippen LogP contribution in [0, 0.1) is 22.7 Å². The Morgan fingerprint density at radius 1 is 1.31 bits per heavy atom. The number of nitriles is 1. The molecule has 3 nitrogen and oxygen atoms in total. The van der Waals surface area contributed by atoms with Crippen molar-refractivity contribution >= 4 is 5.91 Å². The number of hydrogen-bond acceptors (Lipinski definition) is 2. The average molecular weight is 224 g/mol. The quantitative estimate of drug-likeness (QED) is 0.754. The predicted octanol–water partition coefficient (Wildman–Crippen LogP) is 2.87. The van der Waals surface area contributed by atoms with E-state index in [-0.39, 0.29) is 11.9 Å². The minimum Gasteiger partial charge on any atom is -0.352 e. The van der Waals surface area contributed by atoms with Crippen molar-refractivity contribution < 1.29 is 4.79 Å². The average Bonchev–Trinajstić information content (AvgIpc) is 2.28. The maximum Gasteiger partial charge on any atom is 0.240 e. The lowest BCUT2D eigenvalue weighted by atomic mass is 9.82. The summed E-state index contributed by atoms with van der Waals surface area (Å²) in [5.74, 6) is 0.291. The second-order valence-electron chi connectivity index (χ2n) is 4.63. The van der Waals surface area contributed by atoms with Crippen molar-refractivity contribution in [1.82, 2.24) is 5.32 Å². The van der Waals surface area contributed by atoms with Crippen LogP contribution in [0.1, 0.15) is 53.9 Å².